The molecule has 2 saturated heterocycles. The lowest BCUT2D eigenvalue weighted by molar-refractivity contribution is -0.133. The van der Waals surface area contributed by atoms with Crippen LogP contribution in [0, 0.1) is 5.92 Å². The van der Waals surface area contributed by atoms with E-state index in [4.69, 9.17) is 0 Å². The van der Waals surface area contributed by atoms with Crippen molar-refractivity contribution in [2.75, 3.05) is 19.6 Å². The fourth-order valence-electron chi connectivity index (χ4n) is 2.90. The standard InChI is InChI=1S/C13H24N2O/c1-2-11-5-4-8-15(10-11)13(16)9-12-6-3-7-14-12/h11-12,14H,2-10H2,1H3. The molecule has 0 aliphatic carbocycles. The largest absolute Gasteiger partial charge is 0.342 e. The highest BCUT2D eigenvalue weighted by molar-refractivity contribution is 5.77. The molecule has 0 radical (unpaired) electrons. The number of carbonyl (C=O) groups excluding carboxylic acids is 1. The summed E-state index contributed by atoms with van der Waals surface area (Å²) in [5.74, 6) is 1.12. The summed E-state index contributed by atoms with van der Waals surface area (Å²) >= 11 is 0. The number of rotatable bonds is 3. The number of nitrogens with one attached hydrogen (secondary N) is 1. The average molecular weight is 224 g/mol. The molecule has 2 aliphatic rings. The molecule has 16 heavy (non-hydrogen) atoms. The Bertz CT molecular complexity index is 236. The molecule has 0 aromatic rings. The number of hydrogen-bond donors (Lipinski definition) is 1. The molecule has 1 amide bonds. The molecule has 0 saturated carbocycles. The Morgan fingerprint density at radius 1 is 1.38 bits per heavy atom. The molecule has 0 spiro atoms. The van der Waals surface area contributed by atoms with Crippen LogP contribution in [-0.2, 0) is 4.79 Å². The van der Waals surface area contributed by atoms with Crippen LogP contribution in [0.3, 0.4) is 0 Å². The minimum Gasteiger partial charge on any atom is -0.342 e. The van der Waals surface area contributed by atoms with Crippen molar-refractivity contribution in [3.05, 3.63) is 0 Å². The zero-order chi connectivity index (χ0) is 11.4. The molecule has 2 heterocycles. The smallest absolute Gasteiger partial charge is 0.224 e. The van der Waals surface area contributed by atoms with Crippen molar-refractivity contribution in [1.82, 2.24) is 10.2 Å². The lowest BCUT2D eigenvalue weighted by atomic mass is 9.95. The first kappa shape index (κ1) is 11.9. The first-order valence-electron chi connectivity index (χ1n) is 6.80. The Morgan fingerprint density at radius 3 is 2.94 bits per heavy atom. The molecule has 2 aliphatic heterocycles. The molecule has 0 aromatic carbocycles. The molecule has 2 atom stereocenters. The maximum absolute atomic E-state index is 12.1. The van der Waals surface area contributed by atoms with Crippen LogP contribution in [0.25, 0.3) is 0 Å². The quantitative estimate of drug-likeness (QED) is 0.792. The second-order valence-electron chi connectivity index (χ2n) is 5.25. The lowest BCUT2D eigenvalue weighted by Crippen LogP contribution is -2.42. The van der Waals surface area contributed by atoms with Crippen molar-refractivity contribution in [3.8, 4) is 0 Å². The van der Waals surface area contributed by atoms with Crippen LogP contribution in [0.4, 0.5) is 0 Å². The topological polar surface area (TPSA) is 32.3 Å². The predicted octanol–water partition coefficient (Wildman–Crippen LogP) is 1.78. The molecule has 3 nitrogen and oxygen atoms in total. The zero-order valence-corrected chi connectivity index (χ0v) is 10.4. The third-order valence-corrected chi connectivity index (χ3v) is 4.03. The molecule has 1 N–H and O–H groups in total. The van der Waals surface area contributed by atoms with Gasteiger partial charge < -0.3 is 10.2 Å². The second-order valence-corrected chi connectivity index (χ2v) is 5.25. The van der Waals surface area contributed by atoms with Gasteiger partial charge in [0, 0.05) is 25.6 Å². The fourth-order valence-corrected chi connectivity index (χ4v) is 2.90. The summed E-state index contributed by atoms with van der Waals surface area (Å²) in [7, 11) is 0. The zero-order valence-electron chi connectivity index (χ0n) is 10.4. The van der Waals surface area contributed by atoms with E-state index < -0.39 is 0 Å². The van der Waals surface area contributed by atoms with Crippen molar-refractivity contribution in [2.24, 2.45) is 5.92 Å². The van der Waals surface area contributed by atoms with E-state index >= 15 is 0 Å². The van der Waals surface area contributed by atoms with Crippen LogP contribution in [-0.4, -0.2) is 36.5 Å². The highest BCUT2D eigenvalue weighted by atomic mass is 16.2. The van der Waals surface area contributed by atoms with Gasteiger partial charge in [-0.05, 0) is 38.1 Å². The fraction of sp³-hybridized carbons (Fsp3) is 0.923. The molecular weight excluding hydrogens is 200 g/mol. The molecule has 0 aromatic heterocycles. The summed E-state index contributed by atoms with van der Waals surface area (Å²) in [5.41, 5.74) is 0. The van der Waals surface area contributed by atoms with Gasteiger partial charge in [0.1, 0.15) is 0 Å². The van der Waals surface area contributed by atoms with Gasteiger partial charge in [0.05, 0.1) is 0 Å². The van der Waals surface area contributed by atoms with Gasteiger partial charge in [0.25, 0.3) is 0 Å². The summed E-state index contributed by atoms with van der Waals surface area (Å²) in [6.45, 7) is 5.32. The van der Waals surface area contributed by atoms with Gasteiger partial charge in [0.2, 0.25) is 5.91 Å². The van der Waals surface area contributed by atoms with E-state index in [1.54, 1.807) is 0 Å². The van der Waals surface area contributed by atoms with Gasteiger partial charge in [-0.1, -0.05) is 13.3 Å². The predicted molar refractivity (Wildman–Crippen MR) is 65.2 cm³/mol. The monoisotopic (exact) mass is 224 g/mol. The van der Waals surface area contributed by atoms with E-state index in [9.17, 15) is 4.79 Å². The van der Waals surface area contributed by atoms with Gasteiger partial charge in [-0.2, -0.15) is 0 Å². The van der Waals surface area contributed by atoms with Crippen LogP contribution in [0.15, 0.2) is 0 Å². The summed E-state index contributed by atoms with van der Waals surface area (Å²) in [5, 5.41) is 3.40. The maximum atomic E-state index is 12.1. The third kappa shape index (κ3) is 2.97. The highest BCUT2D eigenvalue weighted by Crippen LogP contribution is 2.20. The highest BCUT2D eigenvalue weighted by Gasteiger charge is 2.25. The average Bonchev–Trinajstić information content (AvgIpc) is 2.82. The van der Waals surface area contributed by atoms with Crippen molar-refractivity contribution in [3.63, 3.8) is 0 Å². The molecule has 2 unspecified atom stereocenters. The second kappa shape index (κ2) is 5.67. The first-order chi connectivity index (χ1) is 7.79. The van der Waals surface area contributed by atoms with E-state index in [1.165, 1.54) is 32.1 Å². The molecule has 92 valence electrons. The summed E-state index contributed by atoms with van der Waals surface area (Å²) in [6, 6.07) is 0.453. The molecular formula is C13H24N2O. The van der Waals surface area contributed by atoms with Crippen molar-refractivity contribution in [1.29, 1.82) is 0 Å². The van der Waals surface area contributed by atoms with Crippen LogP contribution in [0.2, 0.25) is 0 Å². The van der Waals surface area contributed by atoms with Crippen LogP contribution >= 0.6 is 0 Å². The molecule has 2 rings (SSSR count). The number of carbonyl (C=O) groups is 1. The Morgan fingerprint density at radius 2 is 2.25 bits per heavy atom. The molecule has 2 fully saturated rings. The first-order valence-corrected chi connectivity index (χ1v) is 6.80. The van der Waals surface area contributed by atoms with Crippen molar-refractivity contribution >= 4 is 5.91 Å². The van der Waals surface area contributed by atoms with E-state index in [0.29, 0.717) is 11.9 Å². The summed E-state index contributed by atoms with van der Waals surface area (Å²) < 4.78 is 0. The number of hydrogen-bond acceptors (Lipinski definition) is 2. The minimum atomic E-state index is 0.373. The van der Waals surface area contributed by atoms with E-state index in [1.807, 2.05) is 0 Å². The van der Waals surface area contributed by atoms with Gasteiger partial charge in [-0.25, -0.2) is 0 Å². The van der Waals surface area contributed by atoms with Crippen molar-refractivity contribution < 1.29 is 4.79 Å². The SMILES string of the molecule is CCC1CCCN(C(=O)CC2CCCN2)C1. The normalized spacial score (nSPS) is 30.7. The van der Waals surface area contributed by atoms with Crippen LogP contribution in [0.5, 0.6) is 0 Å². The maximum Gasteiger partial charge on any atom is 0.224 e. The Kier molecular flexibility index (Phi) is 4.22. The summed E-state index contributed by atoms with van der Waals surface area (Å²) in [4.78, 5) is 14.2. The van der Waals surface area contributed by atoms with Gasteiger partial charge >= 0.3 is 0 Å². The van der Waals surface area contributed by atoms with E-state index in [2.05, 4.69) is 17.1 Å². The molecule has 3 heteroatoms. The number of amides is 1. The van der Waals surface area contributed by atoms with Gasteiger partial charge in [-0.15, -0.1) is 0 Å². The van der Waals surface area contributed by atoms with Crippen LogP contribution in [0.1, 0.15) is 45.4 Å². The minimum absolute atomic E-state index is 0.373. The Balaban J connectivity index is 1.79. The number of piperidine rings is 1. The van der Waals surface area contributed by atoms with Gasteiger partial charge in [-0.3, -0.25) is 4.79 Å². The molecule has 0 bridgehead atoms. The Labute approximate surface area is 98.6 Å². The third-order valence-electron chi connectivity index (χ3n) is 4.03. The lowest BCUT2D eigenvalue weighted by Gasteiger charge is -2.33. The van der Waals surface area contributed by atoms with E-state index in [0.717, 1.165) is 32.0 Å². The number of likely N-dealkylation sites (tertiary alicyclic amines) is 1. The van der Waals surface area contributed by atoms with Gasteiger partial charge in [0.15, 0.2) is 0 Å². The van der Waals surface area contributed by atoms with E-state index in [-0.39, 0.29) is 0 Å². The number of nitrogens with zero attached hydrogens (tertiary/aromatic N) is 1. The Hall–Kier alpha value is -0.570. The van der Waals surface area contributed by atoms with Crippen LogP contribution < -0.4 is 5.32 Å². The summed E-state index contributed by atoms with van der Waals surface area (Å²) in [6.07, 6.45) is 6.85. The van der Waals surface area contributed by atoms with Crippen molar-refractivity contribution in [2.45, 2.75) is 51.5 Å².